The molecule has 3 N–H and O–H groups in total. The van der Waals surface area contributed by atoms with Gasteiger partial charge in [-0.05, 0) is 100 Å². The third-order valence-electron chi connectivity index (χ3n) is 8.28. The molecule has 2 amide bonds. The summed E-state index contributed by atoms with van der Waals surface area (Å²) in [7, 11) is 0. The van der Waals surface area contributed by atoms with Gasteiger partial charge in [0.25, 0.3) is 17.7 Å². The first-order valence-corrected chi connectivity index (χ1v) is 13.7. The third-order valence-corrected chi connectivity index (χ3v) is 8.28. The van der Waals surface area contributed by atoms with Crippen LogP contribution in [0.15, 0.2) is 36.7 Å². The summed E-state index contributed by atoms with van der Waals surface area (Å²) in [5.41, 5.74) is 3.24. The quantitative estimate of drug-likeness (QED) is 0.410. The fourth-order valence-corrected chi connectivity index (χ4v) is 5.73. The Morgan fingerprint density at radius 3 is 2.42 bits per heavy atom. The average molecular weight is 518 g/mol. The van der Waals surface area contributed by atoms with Crippen molar-refractivity contribution in [2.45, 2.75) is 70.9 Å². The number of aromatic nitrogens is 4. The van der Waals surface area contributed by atoms with Gasteiger partial charge in [-0.15, -0.1) is 0 Å². The molecule has 3 saturated carbocycles. The largest absolute Gasteiger partial charge is 0.337 e. The summed E-state index contributed by atoms with van der Waals surface area (Å²) in [4.78, 5) is 34.1. The van der Waals surface area contributed by atoms with Crippen molar-refractivity contribution < 1.29 is 19.0 Å². The van der Waals surface area contributed by atoms with Gasteiger partial charge in [0.2, 0.25) is 0 Å². The zero-order chi connectivity index (χ0) is 26.4. The van der Waals surface area contributed by atoms with Crippen molar-refractivity contribution in [1.82, 2.24) is 20.1 Å². The number of anilines is 1. The highest BCUT2D eigenvalue weighted by molar-refractivity contribution is 6.00. The molecule has 0 spiro atoms. The molecular formula is C29H34FN6O2+. The first-order valence-electron chi connectivity index (χ1n) is 13.7. The zero-order valence-corrected chi connectivity index (χ0v) is 21.8. The normalized spacial score (nSPS) is 18.2. The van der Waals surface area contributed by atoms with Gasteiger partial charge in [-0.1, -0.05) is 0 Å². The predicted molar refractivity (Wildman–Crippen MR) is 140 cm³/mol. The molecule has 0 radical (unpaired) electrons. The molecule has 1 atom stereocenters. The topological polar surface area (TPSA) is 103 Å². The van der Waals surface area contributed by atoms with Crippen LogP contribution in [0.3, 0.4) is 0 Å². The van der Waals surface area contributed by atoms with Crippen LogP contribution in [0.1, 0.15) is 72.7 Å². The van der Waals surface area contributed by atoms with E-state index >= 15 is 4.39 Å². The van der Waals surface area contributed by atoms with Crippen LogP contribution in [0, 0.1) is 37.5 Å². The lowest BCUT2D eigenvalue weighted by Crippen LogP contribution is -2.51. The van der Waals surface area contributed by atoms with Crippen molar-refractivity contribution in [2.75, 3.05) is 5.32 Å². The van der Waals surface area contributed by atoms with Crippen LogP contribution in [-0.4, -0.2) is 32.6 Å². The van der Waals surface area contributed by atoms with Gasteiger partial charge in [-0.2, -0.15) is 9.49 Å². The Kier molecular flexibility index (Phi) is 6.45. The highest BCUT2D eigenvalue weighted by atomic mass is 19.1. The lowest BCUT2D eigenvalue weighted by Gasteiger charge is -2.28. The summed E-state index contributed by atoms with van der Waals surface area (Å²) in [5.74, 6) is 0.0133. The molecule has 6 rings (SSSR count). The van der Waals surface area contributed by atoms with Crippen LogP contribution in [-0.2, 0) is 4.79 Å². The number of H-pyrrole nitrogens is 1. The van der Waals surface area contributed by atoms with Crippen molar-refractivity contribution in [2.24, 2.45) is 17.8 Å². The van der Waals surface area contributed by atoms with Gasteiger partial charge >= 0.3 is 5.91 Å². The number of rotatable bonds is 9. The number of nitrogens with zero attached hydrogens (tertiary/aromatic N) is 3. The van der Waals surface area contributed by atoms with E-state index in [0.29, 0.717) is 28.7 Å². The Hall–Kier alpha value is -3.62. The molecule has 0 bridgehead atoms. The Balaban J connectivity index is 1.24. The number of aromatic amines is 1. The number of halogens is 1. The second kappa shape index (κ2) is 9.93. The fraction of sp³-hybridized carbons (Fsp3) is 0.483. The second-order valence-corrected chi connectivity index (χ2v) is 11.2. The first-order chi connectivity index (χ1) is 18.4. The Morgan fingerprint density at radius 2 is 1.79 bits per heavy atom. The third kappa shape index (κ3) is 4.93. The highest BCUT2D eigenvalue weighted by Crippen LogP contribution is 2.51. The van der Waals surface area contributed by atoms with E-state index in [1.807, 2.05) is 19.9 Å². The van der Waals surface area contributed by atoms with Crippen LogP contribution in [0.4, 0.5) is 10.2 Å². The van der Waals surface area contributed by atoms with Gasteiger partial charge in [-0.25, -0.2) is 15.1 Å². The van der Waals surface area contributed by atoms with Gasteiger partial charge < -0.3 is 5.32 Å². The van der Waals surface area contributed by atoms with E-state index in [-0.39, 0.29) is 29.6 Å². The molecular weight excluding hydrogens is 483 g/mol. The van der Waals surface area contributed by atoms with Gasteiger partial charge in [0.1, 0.15) is 11.7 Å². The minimum Gasteiger partial charge on any atom is -0.337 e. The van der Waals surface area contributed by atoms with Crippen LogP contribution in [0.5, 0.6) is 0 Å². The van der Waals surface area contributed by atoms with E-state index in [2.05, 4.69) is 25.7 Å². The van der Waals surface area contributed by atoms with E-state index in [1.54, 1.807) is 35.3 Å². The molecule has 3 heterocycles. The Morgan fingerprint density at radius 1 is 1.05 bits per heavy atom. The van der Waals surface area contributed by atoms with Crippen LogP contribution in [0.25, 0.3) is 11.1 Å². The molecule has 3 fully saturated rings. The maximum absolute atomic E-state index is 15.2. The average Bonchev–Trinajstić information content (AvgIpc) is 3.79. The maximum Gasteiger partial charge on any atom is 0.330 e. The molecule has 0 unspecified atom stereocenters. The number of carbonyl (C=O) groups is 2. The maximum atomic E-state index is 15.2. The van der Waals surface area contributed by atoms with E-state index < -0.39 is 12.0 Å². The van der Waals surface area contributed by atoms with Gasteiger partial charge in [0.15, 0.2) is 0 Å². The Bertz CT molecular complexity index is 1360. The molecule has 198 valence electrons. The van der Waals surface area contributed by atoms with Crippen LogP contribution in [0.2, 0.25) is 0 Å². The van der Waals surface area contributed by atoms with Crippen molar-refractivity contribution in [3.63, 3.8) is 0 Å². The number of amides is 2. The lowest BCUT2D eigenvalue weighted by atomic mass is 9.88. The van der Waals surface area contributed by atoms with Gasteiger partial charge in [-0.3, -0.25) is 14.5 Å². The summed E-state index contributed by atoms with van der Waals surface area (Å²) < 4.78 is 17.0. The van der Waals surface area contributed by atoms with Crippen molar-refractivity contribution >= 4 is 17.6 Å². The lowest BCUT2D eigenvalue weighted by molar-refractivity contribution is -0.404. The molecule has 3 aliphatic rings. The van der Waals surface area contributed by atoms with E-state index in [9.17, 15) is 9.59 Å². The molecule has 0 aromatic carbocycles. The molecule has 3 aromatic rings. The minimum absolute atomic E-state index is 0.0733. The molecule has 0 aliphatic heterocycles. The van der Waals surface area contributed by atoms with Crippen molar-refractivity contribution in [3.05, 3.63) is 59.6 Å². The molecule has 3 aliphatic carbocycles. The Labute approximate surface area is 221 Å². The molecule has 8 nitrogen and oxygen atoms in total. The summed E-state index contributed by atoms with van der Waals surface area (Å²) in [6, 6.07) is 6.45. The van der Waals surface area contributed by atoms with E-state index in [4.69, 9.17) is 0 Å². The molecule has 38 heavy (non-hydrogen) atoms. The van der Waals surface area contributed by atoms with E-state index in [0.717, 1.165) is 56.2 Å². The summed E-state index contributed by atoms with van der Waals surface area (Å²) in [6.07, 6.45) is 10.8. The van der Waals surface area contributed by atoms with Crippen LogP contribution < -0.4 is 15.6 Å². The SMILES string of the molecule is Cc1cnc(C)c(-c2ccc(NC(=O)[C@@H](NC(=O)c3ccnn3C3CCC3)C(C3CC3)C3CC3)[nH+]c2F)c1. The summed E-state index contributed by atoms with van der Waals surface area (Å²) in [6.45, 7) is 3.75. The second-order valence-electron chi connectivity index (χ2n) is 11.2. The molecule has 0 saturated heterocycles. The minimum atomic E-state index is -0.702. The van der Waals surface area contributed by atoms with Gasteiger partial charge in [0.05, 0.1) is 11.6 Å². The summed E-state index contributed by atoms with van der Waals surface area (Å²) >= 11 is 0. The first kappa shape index (κ1) is 24.7. The van der Waals surface area contributed by atoms with Crippen molar-refractivity contribution in [1.29, 1.82) is 0 Å². The number of carbonyl (C=O) groups excluding carboxylic acids is 2. The van der Waals surface area contributed by atoms with Gasteiger partial charge in [0, 0.05) is 29.7 Å². The highest BCUT2D eigenvalue weighted by Gasteiger charge is 2.49. The standard InChI is InChI=1S/C29H33FN6O2/c1-16-14-22(17(2)31-15-16)21-10-11-24(33-27(21)30)34-29(38)26(25(18-6-7-18)19-8-9-19)35-28(37)23-12-13-32-36(23)20-4-3-5-20/h10-15,18-20,25-26H,3-9H2,1-2H3,(H,35,37)(H,33,34,38)/p+1/t26-/m0/s1. The number of aryl methyl sites for hydroxylation is 2. The van der Waals surface area contributed by atoms with Crippen LogP contribution >= 0.6 is 0 Å². The fourth-order valence-electron chi connectivity index (χ4n) is 5.73. The number of hydrogen-bond donors (Lipinski definition) is 2. The zero-order valence-electron chi connectivity index (χ0n) is 21.8. The number of pyridine rings is 2. The summed E-state index contributed by atoms with van der Waals surface area (Å²) in [5, 5.41) is 10.3. The van der Waals surface area contributed by atoms with E-state index in [1.165, 1.54) is 0 Å². The number of hydrogen-bond acceptors (Lipinski definition) is 4. The predicted octanol–water partition coefficient (Wildman–Crippen LogP) is 4.41. The number of nitrogens with one attached hydrogen (secondary N) is 3. The monoisotopic (exact) mass is 517 g/mol. The smallest absolute Gasteiger partial charge is 0.330 e. The van der Waals surface area contributed by atoms with Crippen molar-refractivity contribution in [3.8, 4) is 11.1 Å². The molecule has 3 aromatic heterocycles. The molecule has 9 heteroatoms.